The van der Waals surface area contributed by atoms with Crippen LogP contribution in [0.15, 0.2) is 0 Å². The fourth-order valence-corrected chi connectivity index (χ4v) is 1.90. The first-order valence-electron chi connectivity index (χ1n) is 5.78. The third kappa shape index (κ3) is 3.48. The predicted octanol–water partition coefficient (Wildman–Crippen LogP) is 0.450. The van der Waals surface area contributed by atoms with E-state index < -0.39 is 12.0 Å². The van der Waals surface area contributed by atoms with Crippen LogP contribution in [0.4, 0.5) is 0 Å². The van der Waals surface area contributed by atoms with E-state index in [1.807, 2.05) is 11.8 Å². The fourth-order valence-electron chi connectivity index (χ4n) is 1.90. The van der Waals surface area contributed by atoms with E-state index in [2.05, 4.69) is 5.32 Å². The molecule has 5 heteroatoms. The van der Waals surface area contributed by atoms with Gasteiger partial charge in [0.25, 0.3) is 0 Å². The molecule has 1 fully saturated rings. The third-order valence-electron chi connectivity index (χ3n) is 3.05. The average Bonchev–Trinajstić information content (AvgIpc) is 2.25. The maximum Gasteiger partial charge on any atom is 0.320 e. The van der Waals surface area contributed by atoms with Crippen molar-refractivity contribution in [3.8, 4) is 0 Å². The number of hydrogen-bond donors (Lipinski definition) is 2. The lowest BCUT2D eigenvalue weighted by molar-refractivity contribution is -0.139. The second-order valence-electron chi connectivity index (χ2n) is 4.37. The molecule has 2 unspecified atom stereocenters. The number of likely N-dealkylation sites (tertiary alicyclic amines) is 1. The topological polar surface area (TPSA) is 69.6 Å². The van der Waals surface area contributed by atoms with Gasteiger partial charge in [-0.3, -0.25) is 14.9 Å². The molecule has 5 nitrogen and oxygen atoms in total. The number of nitrogens with zero attached hydrogens (tertiary/aromatic N) is 1. The smallest absolute Gasteiger partial charge is 0.320 e. The van der Waals surface area contributed by atoms with Crippen molar-refractivity contribution in [1.82, 2.24) is 10.2 Å². The first-order chi connectivity index (χ1) is 7.52. The van der Waals surface area contributed by atoms with Crippen LogP contribution in [0.1, 0.15) is 33.1 Å². The molecule has 1 aliphatic rings. The van der Waals surface area contributed by atoms with Gasteiger partial charge >= 0.3 is 5.97 Å². The predicted molar refractivity (Wildman–Crippen MR) is 60.1 cm³/mol. The number of nitrogens with one attached hydrogen (secondary N) is 1. The van der Waals surface area contributed by atoms with Crippen LogP contribution in [-0.2, 0) is 9.59 Å². The molecule has 0 saturated carbocycles. The van der Waals surface area contributed by atoms with Crippen molar-refractivity contribution in [3.05, 3.63) is 0 Å². The Hall–Kier alpha value is -1.10. The number of aliphatic carboxylic acids is 1. The quantitative estimate of drug-likeness (QED) is 0.733. The summed E-state index contributed by atoms with van der Waals surface area (Å²) >= 11 is 0. The molecule has 1 amide bonds. The largest absolute Gasteiger partial charge is 0.480 e. The standard InChI is InChI=1S/C11H20N2O3/c1-8-5-3-4-6-13(8)10(14)7-12-9(2)11(15)16/h8-9,12H,3-7H2,1-2H3,(H,15,16). The lowest BCUT2D eigenvalue weighted by Gasteiger charge is -2.33. The van der Waals surface area contributed by atoms with Gasteiger partial charge in [0.1, 0.15) is 6.04 Å². The summed E-state index contributed by atoms with van der Waals surface area (Å²) in [6.45, 7) is 4.48. The molecule has 1 aliphatic heterocycles. The monoisotopic (exact) mass is 228 g/mol. The summed E-state index contributed by atoms with van der Waals surface area (Å²) in [4.78, 5) is 24.2. The summed E-state index contributed by atoms with van der Waals surface area (Å²) < 4.78 is 0. The van der Waals surface area contributed by atoms with E-state index in [4.69, 9.17) is 5.11 Å². The van der Waals surface area contributed by atoms with Crippen LogP contribution in [0, 0.1) is 0 Å². The minimum absolute atomic E-state index is 0.000278. The summed E-state index contributed by atoms with van der Waals surface area (Å²) in [5, 5.41) is 11.4. The summed E-state index contributed by atoms with van der Waals surface area (Å²) in [6, 6.07) is -0.396. The van der Waals surface area contributed by atoms with Gasteiger partial charge in [-0.15, -0.1) is 0 Å². The summed E-state index contributed by atoms with van der Waals surface area (Å²) in [6.07, 6.45) is 3.26. The number of carbonyl (C=O) groups is 2. The Kier molecular flexibility index (Phi) is 4.73. The first-order valence-corrected chi connectivity index (χ1v) is 5.78. The maximum absolute atomic E-state index is 11.8. The zero-order valence-electron chi connectivity index (χ0n) is 9.90. The van der Waals surface area contributed by atoms with Crippen molar-refractivity contribution >= 4 is 11.9 Å². The molecule has 0 aliphatic carbocycles. The molecule has 1 saturated heterocycles. The van der Waals surface area contributed by atoms with Gasteiger partial charge in [-0.25, -0.2) is 0 Å². The van der Waals surface area contributed by atoms with Gasteiger partial charge < -0.3 is 10.0 Å². The van der Waals surface area contributed by atoms with Gasteiger partial charge in [0.2, 0.25) is 5.91 Å². The SMILES string of the molecule is CC(NCC(=O)N1CCCCC1C)C(=O)O. The molecule has 0 aromatic rings. The number of carboxylic acids is 1. The summed E-state index contributed by atoms with van der Waals surface area (Å²) in [7, 11) is 0. The Balaban J connectivity index is 2.36. The Morgan fingerprint density at radius 3 is 2.75 bits per heavy atom. The first kappa shape index (κ1) is 13.0. The molecular formula is C11H20N2O3. The van der Waals surface area contributed by atoms with E-state index >= 15 is 0 Å². The molecule has 0 aromatic carbocycles. The van der Waals surface area contributed by atoms with Gasteiger partial charge in [-0.05, 0) is 33.1 Å². The molecule has 92 valence electrons. The molecular weight excluding hydrogens is 208 g/mol. The second kappa shape index (κ2) is 5.84. The van der Waals surface area contributed by atoms with E-state index in [9.17, 15) is 9.59 Å². The Bertz CT molecular complexity index is 268. The van der Waals surface area contributed by atoms with Gasteiger partial charge in [-0.2, -0.15) is 0 Å². The van der Waals surface area contributed by atoms with Crippen LogP contribution in [0.25, 0.3) is 0 Å². The maximum atomic E-state index is 11.8. The van der Waals surface area contributed by atoms with Crippen molar-refractivity contribution < 1.29 is 14.7 Å². The van der Waals surface area contributed by atoms with Crippen LogP contribution in [0.3, 0.4) is 0 Å². The molecule has 2 N–H and O–H groups in total. The van der Waals surface area contributed by atoms with Crippen molar-refractivity contribution in [3.63, 3.8) is 0 Å². The summed E-state index contributed by atoms with van der Waals surface area (Å²) in [5.41, 5.74) is 0. The lowest BCUT2D eigenvalue weighted by Crippen LogP contribution is -2.48. The van der Waals surface area contributed by atoms with Crippen molar-refractivity contribution in [2.24, 2.45) is 0 Å². The zero-order chi connectivity index (χ0) is 12.1. The van der Waals surface area contributed by atoms with E-state index in [0.29, 0.717) is 0 Å². The molecule has 0 bridgehead atoms. The zero-order valence-corrected chi connectivity index (χ0v) is 9.90. The van der Waals surface area contributed by atoms with Gasteiger partial charge in [0, 0.05) is 12.6 Å². The normalized spacial score (nSPS) is 22.9. The average molecular weight is 228 g/mol. The molecule has 0 spiro atoms. The highest BCUT2D eigenvalue weighted by Gasteiger charge is 2.23. The fraction of sp³-hybridized carbons (Fsp3) is 0.818. The van der Waals surface area contributed by atoms with E-state index in [1.54, 1.807) is 0 Å². The number of hydrogen-bond acceptors (Lipinski definition) is 3. The van der Waals surface area contributed by atoms with Crippen LogP contribution in [0.5, 0.6) is 0 Å². The van der Waals surface area contributed by atoms with Crippen LogP contribution in [-0.4, -0.2) is 47.1 Å². The van der Waals surface area contributed by atoms with Crippen molar-refractivity contribution in [2.45, 2.75) is 45.2 Å². The van der Waals surface area contributed by atoms with E-state index in [0.717, 1.165) is 19.4 Å². The molecule has 1 rings (SSSR count). The van der Waals surface area contributed by atoms with Crippen molar-refractivity contribution in [1.29, 1.82) is 0 Å². The van der Waals surface area contributed by atoms with Crippen LogP contribution >= 0.6 is 0 Å². The van der Waals surface area contributed by atoms with E-state index in [1.165, 1.54) is 13.3 Å². The lowest BCUT2D eigenvalue weighted by atomic mass is 10.0. The van der Waals surface area contributed by atoms with Crippen LogP contribution < -0.4 is 5.32 Å². The number of rotatable bonds is 4. The minimum Gasteiger partial charge on any atom is -0.480 e. The second-order valence-corrected chi connectivity index (χ2v) is 4.37. The van der Waals surface area contributed by atoms with Crippen molar-refractivity contribution in [2.75, 3.05) is 13.1 Å². The highest BCUT2D eigenvalue weighted by Crippen LogP contribution is 2.15. The molecule has 0 radical (unpaired) electrons. The highest BCUT2D eigenvalue weighted by atomic mass is 16.4. The van der Waals surface area contributed by atoms with Gasteiger partial charge in [-0.1, -0.05) is 0 Å². The van der Waals surface area contributed by atoms with Crippen LogP contribution in [0.2, 0.25) is 0 Å². The Morgan fingerprint density at radius 2 is 2.19 bits per heavy atom. The Morgan fingerprint density at radius 1 is 1.50 bits per heavy atom. The molecule has 2 atom stereocenters. The molecule has 16 heavy (non-hydrogen) atoms. The minimum atomic E-state index is -0.931. The Labute approximate surface area is 95.8 Å². The van der Waals surface area contributed by atoms with E-state index in [-0.39, 0.29) is 18.5 Å². The molecule has 1 heterocycles. The highest BCUT2D eigenvalue weighted by molar-refractivity contribution is 5.80. The summed E-state index contributed by atoms with van der Waals surface area (Å²) in [5.74, 6) is -0.931. The number of amides is 1. The van der Waals surface area contributed by atoms with Gasteiger partial charge in [0.05, 0.1) is 6.54 Å². The van der Waals surface area contributed by atoms with Gasteiger partial charge in [0.15, 0.2) is 0 Å². The molecule has 0 aromatic heterocycles. The number of carbonyl (C=O) groups excluding carboxylic acids is 1. The number of carboxylic acid groups (broad SMARTS) is 1. The number of piperidine rings is 1. The third-order valence-corrected chi connectivity index (χ3v) is 3.05.